The number of rotatable bonds is 3. The largest absolute Gasteiger partial charge is 0.244 e. The number of halogens is 2. The van der Waals surface area contributed by atoms with Crippen LogP contribution in [0, 0.1) is 0 Å². The minimum atomic E-state index is -3.42. The summed E-state index contributed by atoms with van der Waals surface area (Å²) in [4.78, 5) is 0.314. The Hall–Kier alpha value is -0.100. The molecule has 2 rings (SSSR count). The van der Waals surface area contributed by atoms with Crippen LogP contribution in [0.2, 0.25) is 0 Å². The van der Waals surface area contributed by atoms with Gasteiger partial charge in [-0.3, -0.25) is 0 Å². The van der Waals surface area contributed by atoms with Gasteiger partial charge in [-0.1, -0.05) is 6.07 Å². The van der Waals surface area contributed by atoms with Gasteiger partial charge in [-0.25, -0.2) is 8.42 Å². The van der Waals surface area contributed by atoms with Crippen molar-refractivity contribution < 1.29 is 8.42 Å². The lowest BCUT2D eigenvalue weighted by Crippen LogP contribution is -2.33. The molecular weight excluding hydrogens is 338 g/mol. The third-order valence-electron chi connectivity index (χ3n) is 3.23. The van der Waals surface area contributed by atoms with Crippen LogP contribution in [0.15, 0.2) is 27.6 Å². The van der Waals surface area contributed by atoms with E-state index >= 15 is 0 Å². The van der Waals surface area contributed by atoms with Gasteiger partial charge in [-0.15, -0.1) is 11.6 Å². The molecular formula is C12H15BrClNO2S. The van der Waals surface area contributed by atoms with Gasteiger partial charge in [0.15, 0.2) is 0 Å². The Morgan fingerprint density at radius 3 is 2.78 bits per heavy atom. The summed E-state index contributed by atoms with van der Waals surface area (Å²) in [5.41, 5.74) is 0.810. The zero-order chi connectivity index (χ0) is 13.3. The van der Waals surface area contributed by atoms with Crippen LogP contribution in [0.25, 0.3) is 0 Å². The molecule has 0 radical (unpaired) electrons. The van der Waals surface area contributed by atoms with Crippen molar-refractivity contribution in [1.29, 1.82) is 0 Å². The fourth-order valence-corrected chi connectivity index (χ4v) is 5.06. The fourth-order valence-electron chi connectivity index (χ4n) is 2.22. The Morgan fingerprint density at radius 1 is 1.50 bits per heavy atom. The first-order chi connectivity index (χ1) is 8.46. The molecule has 1 unspecified atom stereocenters. The zero-order valence-corrected chi connectivity index (χ0v) is 13.2. The van der Waals surface area contributed by atoms with Crippen LogP contribution in [0.5, 0.6) is 0 Å². The third-order valence-corrected chi connectivity index (χ3v) is 6.54. The molecule has 0 saturated carbocycles. The molecule has 1 aliphatic rings. The first-order valence-corrected chi connectivity index (χ1v) is 8.60. The quantitative estimate of drug-likeness (QED) is 0.782. The van der Waals surface area contributed by atoms with E-state index in [1.165, 1.54) is 0 Å². The minimum Gasteiger partial charge on any atom is -0.207 e. The average Bonchev–Trinajstić information content (AvgIpc) is 2.76. The van der Waals surface area contributed by atoms with Gasteiger partial charge < -0.3 is 0 Å². The first kappa shape index (κ1) is 14.3. The summed E-state index contributed by atoms with van der Waals surface area (Å²) < 4.78 is 27.3. The Kier molecular flexibility index (Phi) is 4.36. The maximum absolute atomic E-state index is 12.6. The highest BCUT2D eigenvalue weighted by Crippen LogP contribution is 2.31. The van der Waals surface area contributed by atoms with Crippen molar-refractivity contribution in [2.45, 2.75) is 36.6 Å². The van der Waals surface area contributed by atoms with Crippen molar-refractivity contribution >= 4 is 37.6 Å². The maximum atomic E-state index is 12.6. The SMILES string of the molecule is CC1CCCN1S(=O)(=O)c1cc(CCl)ccc1Br. The normalized spacial score (nSPS) is 21.4. The highest BCUT2D eigenvalue weighted by atomic mass is 79.9. The van der Waals surface area contributed by atoms with E-state index in [1.54, 1.807) is 16.4 Å². The lowest BCUT2D eigenvalue weighted by atomic mass is 10.2. The second-order valence-corrected chi connectivity index (χ2v) is 7.49. The van der Waals surface area contributed by atoms with Gasteiger partial charge in [-0.2, -0.15) is 4.31 Å². The van der Waals surface area contributed by atoms with Gasteiger partial charge in [0.25, 0.3) is 0 Å². The standard InChI is InChI=1S/C12H15BrClNO2S/c1-9-3-2-6-15(9)18(16,17)12-7-10(8-14)4-5-11(12)13/h4-5,7,9H,2-3,6,8H2,1H3. The molecule has 0 amide bonds. The minimum absolute atomic E-state index is 0.0709. The molecule has 0 N–H and O–H groups in total. The molecule has 6 heteroatoms. The van der Waals surface area contributed by atoms with Crippen molar-refractivity contribution in [1.82, 2.24) is 4.31 Å². The van der Waals surface area contributed by atoms with Crippen molar-refractivity contribution in [2.24, 2.45) is 0 Å². The van der Waals surface area contributed by atoms with E-state index in [1.807, 2.05) is 13.0 Å². The summed E-state index contributed by atoms with van der Waals surface area (Å²) in [6.45, 7) is 2.55. The van der Waals surface area contributed by atoms with Gasteiger partial charge in [0.2, 0.25) is 10.0 Å². The van der Waals surface area contributed by atoms with E-state index in [-0.39, 0.29) is 6.04 Å². The van der Waals surface area contributed by atoms with Crippen LogP contribution in [-0.4, -0.2) is 25.3 Å². The highest BCUT2D eigenvalue weighted by molar-refractivity contribution is 9.10. The highest BCUT2D eigenvalue weighted by Gasteiger charge is 2.33. The van der Waals surface area contributed by atoms with E-state index in [0.29, 0.717) is 21.8 Å². The van der Waals surface area contributed by atoms with Gasteiger partial charge in [0.05, 0.1) is 4.90 Å². The molecule has 18 heavy (non-hydrogen) atoms. The second kappa shape index (κ2) is 5.49. The number of nitrogens with zero attached hydrogens (tertiary/aromatic N) is 1. The van der Waals surface area contributed by atoms with E-state index in [0.717, 1.165) is 18.4 Å². The van der Waals surface area contributed by atoms with Crippen LogP contribution < -0.4 is 0 Å². The van der Waals surface area contributed by atoms with E-state index in [4.69, 9.17) is 11.6 Å². The Labute approximate surface area is 121 Å². The molecule has 1 heterocycles. The number of hydrogen-bond acceptors (Lipinski definition) is 2. The van der Waals surface area contributed by atoms with Crippen molar-refractivity contribution in [3.05, 3.63) is 28.2 Å². The molecule has 1 fully saturated rings. The van der Waals surface area contributed by atoms with Gasteiger partial charge in [0, 0.05) is 22.9 Å². The van der Waals surface area contributed by atoms with Crippen LogP contribution in [0.4, 0.5) is 0 Å². The number of hydrogen-bond donors (Lipinski definition) is 0. The van der Waals surface area contributed by atoms with Crippen LogP contribution in [0.1, 0.15) is 25.3 Å². The molecule has 100 valence electrons. The molecule has 1 aliphatic heterocycles. The van der Waals surface area contributed by atoms with Crippen molar-refractivity contribution in [3.8, 4) is 0 Å². The van der Waals surface area contributed by atoms with Gasteiger partial charge in [-0.05, 0) is 53.4 Å². The summed E-state index contributed by atoms with van der Waals surface area (Å²) in [6.07, 6.45) is 1.85. The van der Waals surface area contributed by atoms with Crippen LogP contribution >= 0.6 is 27.5 Å². The maximum Gasteiger partial charge on any atom is 0.244 e. The fraction of sp³-hybridized carbons (Fsp3) is 0.500. The summed E-state index contributed by atoms with van der Waals surface area (Å²) in [5.74, 6) is 0.311. The van der Waals surface area contributed by atoms with Crippen molar-refractivity contribution in [2.75, 3.05) is 6.54 Å². The second-order valence-electron chi connectivity index (χ2n) is 4.51. The molecule has 1 saturated heterocycles. The lowest BCUT2D eigenvalue weighted by molar-refractivity contribution is 0.408. The lowest BCUT2D eigenvalue weighted by Gasteiger charge is -2.21. The zero-order valence-electron chi connectivity index (χ0n) is 10.1. The number of alkyl halides is 1. The molecule has 0 bridgehead atoms. The average molecular weight is 353 g/mol. The predicted octanol–water partition coefficient (Wildman–Crippen LogP) is 3.36. The van der Waals surface area contributed by atoms with Crippen molar-refractivity contribution in [3.63, 3.8) is 0 Å². The van der Waals surface area contributed by atoms with Gasteiger partial charge >= 0.3 is 0 Å². The van der Waals surface area contributed by atoms with Crippen LogP contribution in [-0.2, 0) is 15.9 Å². The van der Waals surface area contributed by atoms with E-state index < -0.39 is 10.0 Å². The summed E-state index contributed by atoms with van der Waals surface area (Å²) in [6, 6.07) is 5.29. The summed E-state index contributed by atoms with van der Waals surface area (Å²) >= 11 is 9.08. The predicted molar refractivity (Wildman–Crippen MR) is 76.3 cm³/mol. The Balaban J connectivity index is 2.46. The monoisotopic (exact) mass is 351 g/mol. The topological polar surface area (TPSA) is 37.4 Å². The molecule has 0 spiro atoms. The Bertz CT molecular complexity index is 547. The van der Waals surface area contributed by atoms with E-state index in [9.17, 15) is 8.42 Å². The molecule has 0 aliphatic carbocycles. The first-order valence-electron chi connectivity index (χ1n) is 5.83. The Morgan fingerprint density at radius 2 is 2.22 bits per heavy atom. The molecule has 1 aromatic rings. The third kappa shape index (κ3) is 2.59. The number of sulfonamides is 1. The van der Waals surface area contributed by atoms with Crippen LogP contribution in [0.3, 0.4) is 0 Å². The van der Waals surface area contributed by atoms with E-state index in [2.05, 4.69) is 15.9 Å². The van der Waals surface area contributed by atoms with Gasteiger partial charge in [0.1, 0.15) is 0 Å². The molecule has 0 aromatic heterocycles. The molecule has 3 nitrogen and oxygen atoms in total. The molecule has 1 atom stereocenters. The smallest absolute Gasteiger partial charge is 0.207 e. The number of benzene rings is 1. The summed E-state index contributed by atoms with van der Waals surface area (Å²) in [7, 11) is -3.42. The molecule has 1 aromatic carbocycles. The summed E-state index contributed by atoms with van der Waals surface area (Å²) in [5, 5.41) is 0.